The number of benzene rings is 2. The molecule has 1 saturated carbocycles. The molecule has 1 heterocycles. The molecule has 184 valence electrons. The van der Waals surface area contributed by atoms with Gasteiger partial charge in [-0.2, -0.15) is 0 Å². The number of ether oxygens (including phenoxy) is 2. The lowest BCUT2D eigenvalue weighted by Gasteiger charge is -2.30. The van der Waals surface area contributed by atoms with Gasteiger partial charge >= 0.3 is 0 Å². The summed E-state index contributed by atoms with van der Waals surface area (Å²) < 4.78 is 24.6. The third-order valence-electron chi connectivity index (χ3n) is 6.43. The van der Waals surface area contributed by atoms with E-state index in [4.69, 9.17) is 31.2 Å². The van der Waals surface area contributed by atoms with Crippen LogP contribution in [-0.4, -0.2) is 42.9 Å². The minimum Gasteiger partial charge on any atom is -0.494 e. The molecule has 0 spiro atoms. The lowest BCUT2D eigenvalue weighted by atomic mass is 9.80. The molecule has 1 fully saturated rings. The number of carbonyl (C=O) groups excluding carboxylic acids is 1. The summed E-state index contributed by atoms with van der Waals surface area (Å²) >= 11 is 6.02. The molecular formula is C27H28ClFN2O4. The second-order valence-electron chi connectivity index (χ2n) is 8.85. The summed E-state index contributed by atoms with van der Waals surface area (Å²) in [6.45, 7) is 2.64. The molecule has 1 aromatic heterocycles. The van der Waals surface area contributed by atoms with Crippen LogP contribution < -0.4 is 14.8 Å². The number of halogens is 2. The van der Waals surface area contributed by atoms with Gasteiger partial charge in [0.2, 0.25) is 0 Å². The normalized spacial score (nSPS) is 14.8. The monoisotopic (exact) mass is 498 g/mol. The Labute approximate surface area is 209 Å². The van der Waals surface area contributed by atoms with Crippen molar-refractivity contribution in [2.24, 2.45) is 5.92 Å². The van der Waals surface area contributed by atoms with E-state index in [9.17, 15) is 9.18 Å². The Balaban J connectivity index is 1.57. The highest BCUT2D eigenvalue weighted by Gasteiger charge is 2.44. The number of methoxy groups -OCH3 is 1. The summed E-state index contributed by atoms with van der Waals surface area (Å²) in [4.78, 5) is 17.8. The maximum Gasteiger partial charge on any atom is 0.251 e. The lowest BCUT2D eigenvalue weighted by molar-refractivity contribution is 0.0941. The molecule has 1 aliphatic rings. The van der Waals surface area contributed by atoms with Gasteiger partial charge in [-0.3, -0.25) is 4.79 Å². The maximum atomic E-state index is 13.7. The van der Waals surface area contributed by atoms with E-state index in [1.165, 1.54) is 12.1 Å². The molecule has 3 aromatic rings. The van der Waals surface area contributed by atoms with Crippen molar-refractivity contribution in [2.75, 3.05) is 26.9 Å². The first kappa shape index (κ1) is 24.9. The Bertz CT molecular complexity index is 1200. The zero-order valence-electron chi connectivity index (χ0n) is 19.7. The van der Waals surface area contributed by atoms with Gasteiger partial charge in [0, 0.05) is 28.8 Å². The largest absolute Gasteiger partial charge is 0.494 e. The summed E-state index contributed by atoms with van der Waals surface area (Å²) in [5.74, 6) is 0.840. The molecule has 2 N–H and O–H groups in total. The van der Waals surface area contributed by atoms with E-state index in [2.05, 4.69) is 12.2 Å². The summed E-state index contributed by atoms with van der Waals surface area (Å²) in [6, 6.07) is 15.0. The Morgan fingerprint density at radius 2 is 1.94 bits per heavy atom. The average molecular weight is 499 g/mol. The number of hydrogen-bond acceptors (Lipinski definition) is 5. The molecule has 6 nitrogen and oxygen atoms in total. The maximum absolute atomic E-state index is 13.7. The quantitative estimate of drug-likeness (QED) is 0.410. The molecule has 2 aromatic carbocycles. The first-order chi connectivity index (χ1) is 16.9. The van der Waals surface area contributed by atoms with Gasteiger partial charge in [0.1, 0.15) is 29.6 Å². The topological polar surface area (TPSA) is 80.7 Å². The fraction of sp³-hybridized carbons (Fsp3) is 0.333. The van der Waals surface area contributed by atoms with Crippen LogP contribution in [0.25, 0.3) is 11.3 Å². The van der Waals surface area contributed by atoms with E-state index < -0.39 is 11.2 Å². The number of nitrogens with one attached hydrogen (secondary N) is 1. The van der Waals surface area contributed by atoms with Crippen LogP contribution in [0.15, 0.2) is 54.6 Å². The van der Waals surface area contributed by atoms with Gasteiger partial charge in [-0.05, 0) is 73.4 Å². The standard InChI is InChI=1S/C27H28ClFN2O4/c1-27(19-6-7-19,16-30-26(33)17-3-8-20(9-4-17)35-14-13-32)24-12-11-23(34-2)25(31-24)18-5-10-22(29)21(28)15-18/h3-5,8-12,15,19,32H,6-7,13-14,16H2,1-2H3,(H,30,33). The van der Waals surface area contributed by atoms with Crippen molar-refractivity contribution in [3.05, 3.63) is 76.7 Å². The fourth-order valence-corrected chi connectivity index (χ4v) is 4.36. The minimum absolute atomic E-state index is 0.0155. The van der Waals surface area contributed by atoms with E-state index in [0.717, 1.165) is 18.5 Å². The van der Waals surface area contributed by atoms with Crippen LogP contribution in [0.1, 0.15) is 35.8 Å². The third-order valence-corrected chi connectivity index (χ3v) is 6.72. The predicted octanol–water partition coefficient (Wildman–Crippen LogP) is 5.02. The SMILES string of the molecule is COc1ccc(C(C)(CNC(=O)c2ccc(OCCO)cc2)C2CC2)nc1-c1ccc(F)c(Cl)c1. The summed E-state index contributed by atoms with van der Waals surface area (Å²) in [5.41, 5.74) is 2.17. The Hall–Kier alpha value is -3.16. The Morgan fingerprint density at radius 3 is 2.57 bits per heavy atom. The molecule has 0 bridgehead atoms. The summed E-state index contributed by atoms with van der Waals surface area (Å²) in [6.07, 6.45) is 2.10. The Kier molecular flexibility index (Phi) is 7.57. The van der Waals surface area contributed by atoms with E-state index in [1.807, 2.05) is 12.1 Å². The minimum atomic E-state index is -0.496. The predicted molar refractivity (Wildman–Crippen MR) is 133 cm³/mol. The molecule has 8 heteroatoms. The van der Waals surface area contributed by atoms with Crippen LogP contribution in [0.4, 0.5) is 4.39 Å². The van der Waals surface area contributed by atoms with Gasteiger partial charge in [-0.25, -0.2) is 9.37 Å². The van der Waals surface area contributed by atoms with E-state index >= 15 is 0 Å². The molecule has 1 unspecified atom stereocenters. The second-order valence-corrected chi connectivity index (χ2v) is 9.25. The molecule has 0 saturated heterocycles. The fourth-order valence-electron chi connectivity index (χ4n) is 4.18. The second kappa shape index (κ2) is 10.6. The van der Waals surface area contributed by atoms with Gasteiger partial charge < -0.3 is 19.9 Å². The van der Waals surface area contributed by atoms with Gasteiger partial charge in [0.05, 0.1) is 18.7 Å². The number of rotatable bonds is 10. The van der Waals surface area contributed by atoms with Crippen molar-refractivity contribution in [1.82, 2.24) is 10.3 Å². The highest BCUT2D eigenvalue weighted by atomic mass is 35.5. The smallest absolute Gasteiger partial charge is 0.251 e. The average Bonchev–Trinajstić information content (AvgIpc) is 3.73. The van der Waals surface area contributed by atoms with Crippen LogP contribution in [0, 0.1) is 11.7 Å². The number of aliphatic hydroxyl groups is 1. The molecular weight excluding hydrogens is 471 g/mol. The summed E-state index contributed by atoms with van der Waals surface area (Å²) in [5, 5.41) is 12.0. The number of aliphatic hydroxyl groups excluding tert-OH is 1. The number of pyridine rings is 1. The highest BCUT2D eigenvalue weighted by Crippen LogP contribution is 2.47. The molecule has 0 aliphatic heterocycles. The van der Waals surface area contributed by atoms with Gasteiger partial charge in [-0.15, -0.1) is 0 Å². The number of carbonyl (C=O) groups is 1. The number of aromatic nitrogens is 1. The first-order valence-electron chi connectivity index (χ1n) is 11.5. The molecule has 0 radical (unpaired) electrons. The van der Waals surface area contributed by atoms with E-state index in [0.29, 0.717) is 40.8 Å². The van der Waals surface area contributed by atoms with Crippen LogP contribution in [0.5, 0.6) is 11.5 Å². The van der Waals surface area contributed by atoms with Gasteiger partial charge in [0.15, 0.2) is 0 Å². The first-order valence-corrected chi connectivity index (χ1v) is 11.9. The van der Waals surface area contributed by atoms with E-state index in [1.54, 1.807) is 37.4 Å². The van der Waals surface area contributed by atoms with Gasteiger partial charge in [-0.1, -0.05) is 18.5 Å². The van der Waals surface area contributed by atoms with Crippen molar-refractivity contribution in [3.63, 3.8) is 0 Å². The lowest BCUT2D eigenvalue weighted by Crippen LogP contribution is -2.41. The zero-order valence-corrected chi connectivity index (χ0v) is 20.4. The highest BCUT2D eigenvalue weighted by molar-refractivity contribution is 6.31. The molecule has 1 atom stereocenters. The zero-order chi connectivity index (χ0) is 25.0. The number of nitrogens with zero attached hydrogens (tertiary/aromatic N) is 1. The third kappa shape index (κ3) is 5.57. The van der Waals surface area contributed by atoms with Crippen molar-refractivity contribution < 1.29 is 23.8 Å². The Morgan fingerprint density at radius 1 is 1.20 bits per heavy atom. The van der Waals surface area contributed by atoms with Crippen molar-refractivity contribution in [3.8, 4) is 22.8 Å². The van der Waals surface area contributed by atoms with E-state index in [-0.39, 0.29) is 24.1 Å². The molecule has 1 amide bonds. The van der Waals surface area contributed by atoms with Crippen LogP contribution in [0.2, 0.25) is 5.02 Å². The van der Waals surface area contributed by atoms with Gasteiger partial charge in [0.25, 0.3) is 5.91 Å². The molecule has 4 rings (SSSR count). The van der Waals surface area contributed by atoms with Crippen molar-refractivity contribution >= 4 is 17.5 Å². The molecule has 35 heavy (non-hydrogen) atoms. The van der Waals surface area contributed by atoms with Crippen LogP contribution in [0.3, 0.4) is 0 Å². The summed E-state index contributed by atoms with van der Waals surface area (Å²) in [7, 11) is 1.56. The van der Waals surface area contributed by atoms with Crippen LogP contribution >= 0.6 is 11.6 Å². The molecule has 1 aliphatic carbocycles. The van der Waals surface area contributed by atoms with Crippen LogP contribution in [-0.2, 0) is 5.41 Å². The number of amides is 1. The van der Waals surface area contributed by atoms with Crippen molar-refractivity contribution in [2.45, 2.75) is 25.2 Å². The number of hydrogen-bond donors (Lipinski definition) is 2. The van der Waals surface area contributed by atoms with Crippen molar-refractivity contribution in [1.29, 1.82) is 0 Å².